The van der Waals surface area contributed by atoms with Crippen molar-refractivity contribution < 1.29 is 14.7 Å². The molecule has 0 saturated carbocycles. The molecule has 0 aliphatic carbocycles. The quantitative estimate of drug-likeness (QED) is 0.315. The van der Waals surface area contributed by atoms with E-state index in [9.17, 15) is 9.59 Å². The van der Waals surface area contributed by atoms with Crippen molar-refractivity contribution >= 4 is 29.9 Å². The minimum atomic E-state index is -0.950. The van der Waals surface area contributed by atoms with E-state index in [1.807, 2.05) is 54.0 Å². The zero-order valence-electron chi connectivity index (χ0n) is 17.6. The molecule has 1 aliphatic rings. The second-order valence-corrected chi connectivity index (χ2v) is 7.67. The number of hydrogen-bond donors (Lipinski definition) is 3. The van der Waals surface area contributed by atoms with E-state index in [4.69, 9.17) is 16.2 Å². The number of amidine groups is 1. The third kappa shape index (κ3) is 4.15. The predicted molar refractivity (Wildman–Crippen MR) is 122 cm³/mol. The molecular weight excluding hydrogens is 406 g/mol. The smallest absolute Gasteiger partial charge is 0.305 e. The van der Waals surface area contributed by atoms with Crippen molar-refractivity contribution in [3.05, 3.63) is 82.4 Å². The summed E-state index contributed by atoms with van der Waals surface area (Å²) in [4.78, 5) is 30.3. The predicted octanol–water partition coefficient (Wildman–Crippen LogP) is 3.07. The molecule has 2 aromatic carbocycles. The summed E-state index contributed by atoms with van der Waals surface area (Å²) in [5.74, 6) is -0.443. The Morgan fingerprint density at radius 1 is 1.19 bits per heavy atom. The lowest BCUT2D eigenvalue weighted by Gasteiger charge is -2.19. The Balaban J connectivity index is 1.69. The zero-order valence-corrected chi connectivity index (χ0v) is 17.6. The van der Waals surface area contributed by atoms with Gasteiger partial charge < -0.3 is 15.7 Å². The number of aryl methyl sites for hydroxylation is 1. The fourth-order valence-corrected chi connectivity index (χ4v) is 3.74. The molecular formula is C24H23N5O3. The number of imidazole rings is 1. The number of aromatic nitrogens is 2. The lowest BCUT2D eigenvalue weighted by atomic mass is 10.0. The summed E-state index contributed by atoms with van der Waals surface area (Å²) in [5, 5.41) is 16.6. The summed E-state index contributed by atoms with van der Waals surface area (Å²) in [6.07, 6.45) is 5.45. The van der Waals surface area contributed by atoms with E-state index in [0.29, 0.717) is 17.0 Å². The molecule has 1 aliphatic heterocycles. The number of carbonyl (C=O) groups is 2. The Morgan fingerprint density at radius 2 is 1.88 bits per heavy atom. The lowest BCUT2D eigenvalue weighted by Crippen LogP contribution is -2.32. The number of nitrogens with zero attached hydrogens (tertiary/aromatic N) is 3. The molecule has 0 radical (unpaired) electrons. The van der Waals surface area contributed by atoms with Crippen LogP contribution in [0, 0.1) is 12.3 Å². The first-order chi connectivity index (χ1) is 15.3. The third-order valence-electron chi connectivity index (χ3n) is 5.41. The van der Waals surface area contributed by atoms with Gasteiger partial charge in [-0.05, 0) is 30.2 Å². The minimum Gasteiger partial charge on any atom is -0.481 e. The van der Waals surface area contributed by atoms with Crippen LogP contribution < -0.4 is 5.73 Å². The largest absolute Gasteiger partial charge is 0.481 e. The van der Waals surface area contributed by atoms with Crippen LogP contribution in [-0.2, 0) is 11.3 Å². The number of aliphatic carboxylic acids is 1. The van der Waals surface area contributed by atoms with E-state index in [1.165, 1.54) is 4.90 Å². The number of nitrogens with one attached hydrogen (secondary N) is 1. The lowest BCUT2D eigenvalue weighted by molar-refractivity contribution is -0.137. The summed E-state index contributed by atoms with van der Waals surface area (Å²) in [5.41, 5.74) is 10.1. The molecule has 0 unspecified atom stereocenters. The normalized spacial score (nSPS) is 13.0. The Labute approximate surface area is 185 Å². The molecule has 8 nitrogen and oxygen atoms in total. The van der Waals surface area contributed by atoms with Crippen LogP contribution in [0.2, 0.25) is 0 Å². The van der Waals surface area contributed by atoms with Crippen molar-refractivity contribution in [3.63, 3.8) is 0 Å². The fraction of sp³-hybridized carbons (Fsp3) is 0.167. The maximum atomic E-state index is 13.3. The number of benzene rings is 2. The second-order valence-electron chi connectivity index (χ2n) is 7.67. The van der Waals surface area contributed by atoms with Gasteiger partial charge >= 0.3 is 5.97 Å². The van der Waals surface area contributed by atoms with E-state index in [0.717, 1.165) is 22.5 Å². The van der Waals surface area contributed by atoms with Crippen molar-refractivity contribution in [2.75, 3.05) is 6.54 Å². The number of nitrogen functional groups attached to an aromatic ring is 1. The summed E-state index contributed by atoms with van der Waals surface area (Å²) in [7, 11) is 0. The van der Waals surface area contributed by atoms with E-state index in [-0.39, 0.29) is 31.3 Å². The van der Waals surface area contributed by atoms with Gasteiger partial charge in [0.1, 0.15) is 11.7 Å². The molecule has 1 aromatic heterocycles. The average molecular weight is 429 g/mol. The van der Waals surface area contributed by atoms with E-state index < -0.39 is 5.97 Å². The van der Waals surface area contributed by atoms with Gasteiger partial charge in [0, 0.05) is 24.0 Å². The Morgan fingerprint density at radius 3 is 2.56 bits per heavy atom. The van der Waals surface area contributed by atoms with Crippen LogP contribution >= 0.6 is 0 Å². The van der Waals surface area contributed by atoms with Crippen LogP contribution in [0.3, 0.4) is 0 Å². The van der Waals surface area contributed by atoms with Gasteiger partial charge in [0.25, 0.3) is 5.91 Å². The fourth-order valence-electron chi connectivity index (χ4n) is 3.74. The van der Waals surface area contributed by atoms with Crippen LogP contribution in [0.1, 0.15) is 45.0 Å². The van der Waals surface area contributed by atoms with Gasteiger partial charge in [-0.2, -0.15) is 0 Å². The number of carboxylic acids is 1. The molecule has 0 saturated heterocycles. The monoisotopic (exact) mass is 429 g/mol. The first-order valence-corrected chi connectivity index (χ1v) is 10.1. The maximum absolute atomic E-state index is 13.3. The Hall–Kier alpha value is -4.20. The molecule has 0 spiro atoms. The number of carboxylic acid groups (broad SMARTS) is 1. The zero-order chi connectivity index (χ0) is 22.8. The van der Waals surface area contributed by atoms with Gasteiger partial charge in [0.05, 0.1) is 24.2 Å². The summed E-state index contributed by atoms with van der Waals surface area (Å²) < 4.78 is 1.95. The molecule has 32 heavy (non-hydrogen) atoms. The van der Waals surface area contributed by atoms with E-state index in [2.05, 4.69) is 4.98 Å². The van der Waals surface area contributed by atoms with Gasteiger partial charge in [-0.3, -0.25) is 19.6 Å². The molecule has 1 amide bonds. The second kappa shape index (κ2) is 8.50. The molecule has 8 heteroatoms. The third-order valence-corrected chi connectivity index (χ3v) is 5.41. The van der Waals surface area contributed by atoms with E-state index in [1.54, 1.807) is 18.3 Å². The van der Waals surface area contributed by atoms with Crippen LogP contribution in [0.5, 0.6) is 0 Å². The highest BCUT2D eigenvalue weighted by atomic mass is 16.4. The van der Waals surface area contributed by atoms with Crippen molar-refractivity contribution in [3.8, 4) is 5.69 Å². The number of rotatable bonds is 6. The Bertz CT molecular complexity index is 1240. The van der Waals surface area contributed by atoms with Crippen molar-refractivity contribution in [1.82, 2.24) is 14.5 Å². The van der Waals surface area contributed by atoms with Crippen LogP contribution in [-0.4, -0.2) is 43.8 Å². The summed E-state index contributed by atoms with van der Waals surface area (Å²) in [6.45, 7) is 2.29. The highest BCUT2D eigenvalue weighted by molar-refractivity contribution is 5.99. The summed E-state index contributed by atoms with van der Waals surface area (Å²) in [6, 6.07) is 13.0. The van der Waals surface area contributed by atoms with Gasteiger partial charge in [0.2, 0.25) is 0 Å². The van der Waals surface area contributed by atoms with Crippen molar-refractivity contribution in [1.29, 1.82) is 5.41 Å². The molecule has 4 N–H and O–H groups in total. The Kier molecular flexibility index (Phi) is 5.59. The first-order valence-electron chi connectivity index (χ1n) is 10.1. The molecule has 162 valence electrons. The number of nitrogens with two attached hydrogens (primary N) is 1. The molecule has 2 heterocycles. The van der Waals surface area contributed by atoms with Crippen molar-refractivity contribution in [2.24, 2.45) is 5.73 Å². The van der Waals surface area contributed by atoms with Crippen LogP contribution in [0.15, 0.2) is 48.7 Å². The number of carbonyl (C=O) groups excluding carboxylic acids is 1. The molecule has 0 atom stereocenters. The number of fused-ring (bicyclic) bond motifs is 3. The maximum Gasteiger partial charge on any atom is 0.305 e. The number of amides is 1. The average Bonchev–Trinajstić information content (AvgIpc) is 3.08. The van der Waals surface area contributed by atoms with Crippen LogP contribution in [0.25, 0.3) is 17.8 Å². The van der Waals surface area contributed by atoms with Crippen molar-refractivity contribution in [2.45, 2.75) is 19.9 Å². The minimum absolute atomic E-state index is 0.0198. The topological polar surface area (TPSA) is 125 Å². The number of hydrogen-bond acceptors (Lipinski definition) is 4. The SMILES string of the molecule is Cc1cnc2n1-c1ccc(/C=C/c3ccc(C(=N)N)cc3)cc1C(=O)N(CCC(=O)O)C2. The van der Waals surface area contributed by atoms with Gasteiger partial charge in [-0.15, -0.1) is 0 Å². The van der Waals surface area contributed by atoms with E-state index >= 15 is 0 Å². The highest BCUT2D eigenvalue weighted by Crippen LogP contribution is 2.27. The van der Waals surface area contributed by atoms with Crippen LogP contribution in [0.4, 0.5) is 0 Å². The first kappa shape index (κ1) is 21.0. The standard InChI is InChI=1S/C24H23N5O3/c1-15-13-27-21-14-28(11-10-22(30)31)24(32)19-12-17(6-9-20(19)29(15)21)3-2-16-4-7-18(8-5-16)23(25)26/h2-9,12-13H,10-11,14H2,1H3,(H3,25,26)(H,30,31)/b3-2+. The van der Waals surface area contributed by atoms with Gasteiger partial charge in [0.15, 0.2) is 0 Å². The summed E-state index contributed by atoms with van der Waals surface area (Å²) >= 11 is 0. The molecule has 0 fully saturated rings. The molecule has 4 rings (SSSR count). The molecule has 3 aromatic rings. The molecule has 0 bridgehead atoms. The van der Waals surface area contributed by atoms with Gasteiger partial charge in [-0.25, -0.2) is 4.98 Å². The highest BCUT2D eigenvalue weighted by Gasteiger charge is 2.27. The van der Waals surface area contributed by atoms with Gasteiger partial charge in [-0.1, -0.05) is 42.5 Å².